The van der Waals surface area contributed by atoms with E-state index in [0.717, 1.165) is 0 Å². The predicted octanol–water partition coefficient (Wildman–Crippen LogP) is -4.65. The Morgan fingerprint density at radius 2 is 1.45 bits per heavy atom. The smallest absolute Gasteiger partial charge is 0.328 e. The van der Waals surface area contributed by atoms with E-state index >= 15 is 0 Å². The Morgan fingerprint density at radius 3 is 1.90 bits per heavy atom. The molecular weight excluding hydrogens is 390 g/mol. The van der Waals surface area contributed by atoms with Crippen molar-refractivity contribution in [3.8, 4) is 0 Å². The lowest BCUT2D eigenvalue weighted by Gasteiger charge is -2.25. The second kappa shape index (κ2) is 13.8. The highest BCUT2D eigenvalue weighted by molar-refractivity contribution is 5.94. The summed E-state index contributed by atoms with van der Waals surface area (Å²) in [4.78, 5) is 47.7. The summed E-state index contributed by atoms with van der Waals surface area (Å²) in [6.45, 7) is 0.0365. The number of hydrogen-bond donors (Lipinski definition) is 9. The van der Waals surface area contributed by atoms with Crippen molar-refractivity contribution in [1.29, 1.82) is 0 Å². The van der Waals surface area contributed by atoms with Crippen LogP contribution in [0.5, 0.6) is 0 Å². The molecular formula is C16H31N5O8. The van der Waals surface area contributed by atoms with Crippen molar-refractivity contribution in [1.82, 2.24) is 16.0 Å². The summed E-state index contributed by atoms with van der Waals surface area (Å²) in [5, 5.41) is 43.4. The Labute approximate surface area is 167 Å². The van der Waals surface area contributed by atoms with E-state index in [1.165, 1.54) is 6.92 Å². The van der Waals surface area contributed by atoms with Gasteiger partial charge in [0.15, 0.2) is 6.04 Å². The summed E-state index contributed by atoms with van der Waals surface area (Å²) in [6.07, 6.45) is -0.332. The number of nitrogens with two attached hydrogens (primary N) is 2. The van der Waals surface area contributed by atoms with E-state index in [4.69, 9.17) is 21.7 Å². The Balaban J connectivity index is 5.23. The van der Waals surface area contributed by atoms with E-state index in [9.17, 15) is 29.4 Å². The van der Waals surface area contributed by atoms with Gasteiger partial charge in [0.2, 0.25) is 17.7 Å². The molecule has 0 rings (SSSR count). The van der Waals surface area contributed by atoms with Gasteiger partial charge in [-0.1, -0.05) is 0 Å². The van der Waals surface area contributed by atoms with Gasteiger partial charge in [0.05, 0.1) is 19.3 Å². The van der Waals surface area contributed by atoms with Gasteiger partial charge in [0.25, 0.3) is 0 Å². The molecule has 13 nitrogen and oxygen atoms in total. The lowest BCUT2D eigenvalue weighted by atomic mass is 10.1. The lowest BCUT2D eigenvalue weighted by molar-refractivity contribution is -0.145. The zero-order valence-electron chi connectivity index (χ0n) is 16.2. The van der Waals surface area contributed by atoms with Gasteiger partial charge in [-0.05, 0) is 32.7 Å². The largest absolute Gasteiger partial charge is 0.480 e. The number of aliphatic hydroxyl groups is 3. The maximum absolute atomic E-state index is 12.4. The first-order valence-electron chi connectivity index (χ1n) is 9.08. The maximum Gasteiger partial charge on any atom is 0.328 e. The Hall–Kier alpha value is -2.32. The number of aliphatic hydroxyl groups excluding tert-OH is 3. The van der Waals surface area contributed by atoms with Crippen molar-refractivity contribution in [2.24, 2.45) is 11.5 Å². The number of hydrogen-bond acceptors (Lipinski definition) is 9. The van der Waals surface area contributed by atoms with Crippen molar-refractivity contribution in [2.45, 2.75) is 56.5 Å². The van der Waals surface area contributed by atoms with E-state index in [1.807, 2.05) is 0 Å². The number of carbonyl (C=O) groups is 4. The topological polar surface area (TPSA) is 237 Å². The van der Waals surface area contributed by atoms with Crippen LogP contribution in [0.15, 0.2) is 0 Å². The predicted molar refractivity (Wildman–Crippen MR) is 100 cm³/mol. The van der Waals surface area contributed by atoms with E-state index in [0.29, 0.717) is 19.4 Å². The third-order valence-corrected chi connectivity index (χ3v) is 3.98. The van der Waals surface area contributed by atoms with E-state index in [-0.39, 0.29) is 6.42 Å². The van der Waals surface area contributed by atoms with Gasteiger partial charge in [-0.3, -0.25) is 14.4 Å². The minimum absolute atomic E-state index is 0.100. The van der Waals surface area contributed by atoms with Gasteiger partial charge in [-0.2, -0.15) is 0 Å². The molecule has 0 aliphatic rings. The van der Waals surface area contributed by atoms with Gasteiger partial charge in [0.1, 0.15) is 18.1 Å². The Bertz CT molecular complexity index is 559. The molecule has 0 aliphatic heterocycles. The minimum Gasteiger partial charge on any atom is -0.480 e. The van der Waals surface area contributed by atoms with Gasteiger partial charge in [0, 0.05) is 0 Å². The SMILES string of the molecule is CC(O)C(NC(=O)C(CCCCN)NC(=O)C(CO)NC(=O)C(N)CO)C(=O)O. The van der Waals surface area contributed by atoms with E-state index < -0.39 is 67.2 Å². The van der Waals surface area contributed by atoms with Crippen molar-refractivity contribution in [3.05, 3.63) is 0 Å². The fraction of sp³-hybridized carbons (Fsp3) is 0.750. The van der Waals surface area contributed by atoms with Crippen LogP contribution < -0.4 is 27.4 Å². The summed E-state index contributed by atoms with van der Waals surface area (Å²) in [5.74, 6) is -4.12. The monoisotopic (exact) mass is 421 g/mol. The van der Waals surface area contributed by atoms with Crippen LogP contribution in [0.3, 0.4) is 0 Å². The average molecular weight is 421 g/mol. The normalized spacial score (nSPS) is 16.1. The van der Waals surface area contributed by atoms with Crippen molar-refractivity contribution in [3.63, 3.8) is 0 Å². The molecule has 0 heterocycles. The fourth-order valence-electron chi connectivity index (χ4n) is 2.23. The van der Waals surface area contributed by atoms with Crippen molar-refractivity contribution < 1.29 is 39.6 Å². The zero-order valence-corrected chi connectivity index (χ0v) is 16.2. The van der Waals surface area contributed by atoms with Gasteiger partial charge in [-0.25, -0.2) is 4.79 Å². The zero-order chi connectivity index (χ0) is 22.6. The number of unbranched alkanes of at least 4 members (excludes halogenated alkanes) is 1. The Morgan fingerprint density at radius 1 is 0.897 bits per heavy atom. The highest BCUT2D eigenvalue weighted by Crippen LogP contribution is 2.04. The quantitative estimate of drug-likeness (QED) is 0.121. The Kier molecular flexibility index (Phi) is 12.7. The second-order valence-electron chi connectivity index (χ2n) is 6.44. The summed E-state index contributed by atoms with van der Waals surface area (Å²) < 4.78 is 0. The minimum atomic E-state index is -1.59. The lowest BCUT2D eigenvalue weighted by Crippen LogP contribution is -2.59. The molecule has 0 aromatic carbocycles. The number of carboxylic acids is 1. The molecule has 5 atom stereocenters. The molecule has 0 radical (unpaired) electrons. The molecule has 0 aliphatic carbocycles. The van der Waals surface area contributed by atoms with Crippen LogP contribution in [-0.4, -0.2) is 94.1 Å². The van der Waals surface area contributed by atoms with Gasteiger partial charge in [-0.15, -0.1) is 0 Å². The molecule has 0 saturated carbocycles. The standard InChI is InChI=1S/C16H31N5O8/c1-8(24)12(16(28)29)21-14(26)10(4-2-3-5-17)19-15(27)11(7-23)20-13(25)9(18)6-22/h8-12,22-24H,2-7,17-18H2,1H3,(H,19,27)(H,20,25)(H,21,26)(H,28,29). The molecule has 5 unspecified atom stereocenters. The number of carbonyl (C=O) groups excluding carboxylic acids is 3. The molecule has 11 N–H and O–H groups in total. The van der Waals surface area contributed by atoms with E-state index in [2.05, 4.69) is 16.0 Å². The summed E-state index contributed by atoms with van der Waals surface area (Å²) >= 11 is 0. The summed E-state index contributed by atoms with van der Waals surface area (Å²) in [6, 6.07) is -5.54. The average Bonchev–Trinajstić information content (AvgIpc) is 2.67. The molecule has 0 aromatic heterocycles. The van der Waals surface area contributed by atoms with Crippen LogP contribution in [0.4, 0.5) is 0 Å². The third-order valence-electron chi connectivity index (χ3n) is 3.98. The van der Waals surface area contributed by atoms with Crippen LogP contribution in [-0.2, 0) is 19.2 Å². The molecule has 0 spiro atoms. The van der Waals surface area contributed by atoms with Gasteiger partial charge >= 0.3 is 5.97 Å². The molecule has 0 saturated heterocycles. The number of aliphatic carboxylic acids is 1. The highest BCUT2D eigenvalue weighted by Gasteiger charge is 2.31. The first-order valence-corrected chi connectivity index (χ1v) is 9.08. The van der Waals surface area contributed by atoms with Crippen LogP contribution >= 0.6 is 0 Å². The molecule has 13 heteroatoms. The van der Waals surface area contributed by atoms with Crippen molar-refractivity contribution >= 4 is 23.7 Å². The van der Waals surface area contributed by atoms with Crippen LogP contribution in [0.25, 0.3) is 0 Å². The molecule has 3 amide bonds. The molecule has 0 fully saturated rings. The summed E-state index contributed by atoms with van der Waals surface area (Å²) in [5.41, 5.74) is 10.7. The third kappa shape index (κ3) is 9.62. The van der Waals surface area contributed by atoms with E-state index in [1.54, 1.807) is 0 Å². The van der Waals surface area contributed by atoms with Crippen LogP contribution in [0, 0.1) is 0 Å². The fourth-order valence-corrected chi connectivity index (χ4v) is 2.23. The number of amides is 3. The molecule has 0 bridgehead atoms. The number of nitrogens with one attached hydrogen (secondary N) is 3. The highest BCUT2D eigenvalue weighted by atomic mass is 16.4. The number of rotatable bonds is 14. The van der Waals surface area contributed by atoms with Crippen LogP contribution in [0.1, 0.15) is 26.2 Å². The maximum atomic E-state index is 12.4. The van der Waals surface area contributed by atoms with Crippen LogP contribution in [0.2, 0.25) is 0 Å². The molecule has 168 valence electrons. The summed E-state index contributed by atoms with van der Waals surface area (Å²) in [7, 11) is 0. The second-order valence-corrected chi connectivity index (χ2v) is 6.44. The first-order chi connectivity index (χ1) is 13.6. The van der Waals surface area contributed by atoms with Crippen molar-refractivity contribution in [2.75, 3.05) is 19.8 Å². The molecule has 0 aromatic rings. The van der Waals surface area contributed by atoms with Gasteiger partial charge < -0.3 is 47.8 Å². The first kappa shape index (κ1) is 26.7. The number of carboxylic acid groups (broad SMARTS) is 1. The molecule has 29 heavy (non-hydrogen) atoms.